The van der Waals surface area contributed by atoms with E-state index in [1.165, 1.54) is 18.2 Å². The molecule has 6 nitrogen and oxygen atoms in total. The fraction of sp³-hybridized carbons (Fsp3) is 0.429. The number of rotatable bonds is 3. The van der Waals surface area contributed by atoms with E-state index in [-0.39, 0.29) is 5.75 Å². The maximum absolute atomic E-state index is 11.7. The zero-order valence-corrected chi connectivity index (χ0v) is 11.9. The predicted octanol–water partition coefficient (Wildman–Crippen LogP) is 2.35. The van der Waals surface area contributed by atoms with Crippen molar-refractivity contribution in [3.63, 3.8) is 0 Å². The van der Waals surface area contributed by atoms with Gasteiger partial charge in [0.1, 0.15) is 11.4 Å². The van der Waals surface area contributed by atoms with Crippen LogP contribution in [0.1, 0.15) is 37.9 Å². The van der Waals surface area contributed by atoms with Crippen molar-refractivity contribution in [2.75, 3.05) is 0 Å². The van der Waals surface area contributed by atoms with Crippen molar-refractivity contribution in [3.05, 3.63) is 29.3 Å². The lowest BCUT2D eigenvalue weighted by Crippen LogP contribution is -2.38. The Kier molecular flexibility index (Phi) is 4.60. The van der Waals surface area contributed by atoms with Gasteiger partial charge in [-0.25, -0.2) is 9.59 Å². The van der Waals surface area contributed by atoms with Crippen LogP contribution in [0, 0.1) is 6.92 Å². The van der Waals surface area contributed by atoms with Crippen LogP contribution < -0.4 is 5.32 Å². The molecule has 0 aliphatic heterocycles. The van der Waals surface area contributed by atoms with Crippen molar-refractivity contribution >= 4 is 12.1 Å². The van der Waals surface area contributed by atoms with Crippen molar-refractivity contribution in [1.29, 1.82) is 0 Å². The molecular formula is C14H19NO5. The number of alkyl carbamates (subject to hydrolysis) is 1. The zero-order valence-electron chi connectivity index (χ0n) is 11.9. The van der Waals surface area contributed by atoms with Gasteiger partial charge in [0.2, 0.25) is 0 Å². The molecule has 0 radical (unpaired) electrons. The number of carbonyl (C=O) groups is 2. The lowest BCUT2D eigenvalue weighted by Gasteiger charge is -2.22. The Labute approximate surface area is 117 Å². The topological polar surface area (TPSA) is 95.9 Å². The number of benzene rings is 1. The molecule has 0 spiro atoms. The number of carboxylic acids is 1. The maximum Gasteiger partial charge on any atom is 0.408 e. The lowest BCUT2D eigenvalue weighted by molar-refractivity contribution is -0.139. The second-order valence-corrected chi connectivity index (χ2v) is 5.46. The average molecular weight is 281 g/mol. The van der Waals surface area contributed by atoms with Crippen LogP contribution in [0.5, 0.6) is 5.75 Å². The molecule has 1 aromatic carbocycles. The van der Waals surface area contributed by atoms with E-state index in [2.05, 4.69) is 5.32 Å². The van der Waals surface area contributed by atoms with Crippen molar-refractivity contribution in [2.45, 2.75) is 39.3 Å². The molecule has 6 heteroatoms. The fourth-order valence-electron chi connectivity index (χ4n) is 1.57. The summed E-state index contributed by atoms with van der Waals surface area (Å²) in [7, 11) is 0. The van der Waals surface area contributed by atoms with Crippen LogP contribution in [0.4, 0.5) is 4.79 Å². The summed E-state index contributed by atoms with van der Waals surface area (Å²) in [4.78, 5) is 22.9. The highest BCUT2D eigenvalue weighted by molar-refractivity contribution is 5.81. The van der Waals surface area contributed by atoms with Crippen molar-refractivity contribution in [1.82, 2.24) is 5.32 Å². The van der Waals surface area contributed by atoms with Gasteiger partial charge in [-0.05, 0) is 51.0 Å². The van der Waals surface area contributed by atoms with E-state index in [1.54, 1.807) is 27.7 Å². The number of hydrogen-bond acceptors (Lipinski definition) is 4. The third kappa shape index (κ3) is 4.46. The second kappa shape index (κ2) is 5.81. The van der Waals surface area contributed by atoms with Gasteiger partial charge >= 0.3 is 12.1 Å². The van der Waals surface area contributed by atoms with E-state index in [9.17, 15) is 19.8 Å². The highest BCUT2D eigenvalue weighted by atomic mass is 16.6. The normalized spacial score (nSPS) is 12.6. The first-order chi connectivity index (χ1) is 9.10. The SMILES string of the molecule is Cc1cc([C@@H](NC(=O)OC(C)(C)C)C(=O)O)ccc1O. The number of nitrogens with one attached hydrogen (secondary N) is 1. The molecule has 0 saturated carbocycles. The molecule has 3 N–H and O–H groups in total. The molecule has 1 atom stereocenters. The summed E-state index contributed by atoms with van der Waals surface area (Å²) < 4.78 is 5.03. The molecule has 1 rings (SSSR count). The largest absolute Gasteiger partial charge is 0.508 e. The van der Waals surface area contributed by atoms with Crippen LogP contribution in [0.25, 0.3) is 0 Å². The fourth-order valence-corrected chi connectivity index (χ4v) is 1.57. The smallest absolute Gasteiger partial charge is 0.408 e. The number of phenolic OH excluding ortho intramolecular Hbond substituents is 1. The van der Waals surface area contributed by atoms with Gasteiger partial charge in [0.05, 0.1) is 0 Å². The molecule has 1 aromatic rings. The van der Waals surface area contributed by atoms with E-state index in [1.807, 2.05) is 0 Å². The molecule has 110 valence electrons. The van der Waals surface area contributed by atoms with Gasteiger partial charge in [0.15, 0.2) is 6.04 Å². The Morgan fingerprint density at radius 2 is 1.90 bits per heavy atom. The number of carboxylic acid groups (broad SMARTS) is 1. The van der Waals surface area contributed by atoms with E-state index < -0.39 is 23.7 Å². The van der Waals surface area contributed by atoms with Gasteiger partial charge in [-0.15, -0.1) is 0 Å². The Morgan fingerprint density at radius 1 is 1.30 bits per heavy atom. The number of ether oxygens (including phenoxy) is 1. The van der Waals surface area contributed by atoms with Crippen LogP contribution in [-0.4, -0.2) is 27.9 Å². The summed E-state index contributed by atoms with van der Waals surface area (Å²) in [5.74, 6) is -1.14. The van der Waals surface area contributed by atoms with Crippen molar-refractivity contribution in [2.24, 2.45) is 0 Å². The molecule has 0 aliphatic rings. The predicted molar refractivity (Wildman–Crippen MR) is 72.6 cm³/mol. The average Bonchev–Trinajstić information content (AvgIpc) is 2.27. The summed E-state index contributed by atoms with van der Waals surface area (Å²) in [6, 6.07) is 3.10. The van der Waals surface area contributed by atoms with Crippen molar-refractivity contribution in [3.8, 4) is 5.75 Å². The van der Waals surface area contributed by atoms with Crippen LogP contribution >= 0.6 is 0 Å². The quantitative estimate of drug-likeness (QED) is 0.790. The first-order valence-electron chi connectivity index (χ1n) is 6.12. The summed E-state index contributed by atoms with van der Waals surface area (Å²) in [6.07, 6.45) is -0.810. The van der Waals surface area contributed by atoms with Gasteiger partial charge in [-0.1, -0.05) is 6.07 Å². The minimum atomic E-state index is -1.23. The zero-order chi connectivity index (χ0) is 15.5. The third-order valence-electron chi connectivity index (χ3n) is 2.46. The summed E-state index contributed by atoms with van der Waals surface area (Å²) in [6.45, 7) is 6.71. The minimum Gasteiger partial charge on any atom is -0.508 e. The molecule has 20 heavy (non-hydrogen) atoms. The highest BCUT2D eigenvalue weighted by Gasteiger charge is 2.25. The van der Waals surface area contributed by atoms with Crippen LogP contribution in [0.15, 0.2) is 18.2 Å². The first kappa shape index (κ1) is 15.8. The van der Waals surface area contributed by atoms with Gasteiger partial charge in [-0.2, -0.15) is 0 Å². The number of aromatic hydroxyl groups is 1. The molecule has 0 saturated heterocycles. The van der Waals surface area contributed by atoms with Gasteiger partial charge in [-0.3, -0.25) is 0 Å². The van der Waals surface area contributed by atoms with E-state index in [4.69, 9.17) is 4.74 Å². The minimum absolute atomic E-state index is 0.0650. The Morgan fingerprint density at radius 3 is 2.35 bits per heavy atom. The molecular weight excluding hydrogens is 262 g/mol. The molecule has 1 amide bonds. The number of carbonyl (C=O) groups excluding carboxylic acids is 1. The molecule has 0 bridgehead atoms. The van der Waals surface area contributed by atoms with Crippen molar-refractivity contribution < 1.29 is 24.5 Å². The molecule has 0 unspecified atom stereocenters. The monoisotopic (exact) mass is 281 g/mol. The Balaban J connectivity index is 2.92. The van der Waals surface area contributed by atoms with E-state index >= 15 is 0 Å². The highest BCUT2D eigenvalue weighted by Crippen LogP contribution is 2.22. The second-order valence-electron chi connectivity index (χ2n) is 5.46. The lowest BCUT2D eigenvalue weighted by atomic mass is 10.0. The maximum atomic E-state index is 11.7. The van der Waals surface area contributed by atoms with Gasteiger partial charge < -0.3 is 20.3 Å². The van der Waals surface area contributed by atoms with E-state index in [0.717, 1.165) is 0 Å². The number of aliphatic carboxylic acids is 1. The number of amides is 1. The van der Waals surface area contributed by atoms with Crippen LogP contribution in [0.3, 0.4) is 0 Å². The molecule has 0 aliphatic carbocycles. The summed E-state index contributed by atoms with van der Waals surface area (Å²) >= 11 is 0. The van der Waals surface area contributed by atoms with Gasteiger partial charge in [0.25, 0.3) is 0 Å². The third-order valence-corrected chi connectivity index (χ3v) is 2.46. The Hall–Kier alpha value is -2.24. The summed E-state index contributed by atoms with van der Waals surface area (Å²) in [5.41, 5.74) is 0.177. The molecule has 0 fully saturated rings. The Bertz CT molecular complexity index is 519. The number of hydrogen-bond donors (Lipinski definition) is 3. The van der Waals surface area contributed by atoms with Crippen LogP contribution in [-0.2, 0) is 9.53 Å². The molecule has 0 aromatic heterocycles. The number of aryl methyl sites for hydroxylation is 1. The summed E-state index contributed by atoms with van der Waals surface area (Å²) in [5, 5.41) is 20.9. The first-order valence-corrected chi connectivity index (χ1v) is 6.12. The van der Waals surface area contributed by atoms with Crippen LogP contribution in [0.2, 0.25) is 0 Å². The standard InChI is InChI=1S/C14H19NO5/c1-8-7-9(5-6-10(8)16)11(12(17)18)15-13(19)20-14(2,3)4/h5-7,11,16H,1-4H3,(H,15,19)(H,17,18)/t11-/m1/s1. The van der Waals surface area contributed by atoms with E-state index in [0.29, 0.717) is 11.1 Å². The van der Waals surface area contributed by atoms with Gasteiger partial charge in [0, 0.05) is 0 Å². The number of phenols is 1. The molecule has 0 heterocycles.